The lowest BCUT2D eigenvalue weighted by Gasteiger charge is -2.39. The van der Waals surface area contributed by atoms with Gasteiger partial charge in [0, 0.05) is 17.5 Å². The van der Waals surface area contributed by atoms with Gasteiger partial charge in [-0.15, -0.1) is 0 Å². The van der Waals surface area contributed by atoms with Crippen molar-refractivity contribution < 1.29 is 39.4 Å². The van der Waals surface area contributed by atoms with Crippen LogP contribution < -0.4 is 10.4 Å². The van der Waals surface area contributed by atoms with E-state index < -0.39 is 42.9 Å². The molecule has 1 aromatic carbocycles. The van der Waals surface area contributed by atoms with Crippen LogP contribution in [0.1, 0.15) is 0 Å². The van der Waals surface area contributed by atoms with E-state index in [2.05, 4.69) is 0 Å². The third-order valence-corrected chi connectivity index (χ3v) is 3.79. The predicted octanol–water partition coefficient (Wildman–Crippen LogP) is -1.32. The monoisotopic (exact) mass is 340 g/mol. The van der Waals surface area contributed by atoms with Crippen molar-refractivity contribution in [3.05, 3.63) is 34.7 Å². The molecule has 3 rings (SSSR count). The van der Waals surface area contributed by atoms with Crippen molar-refractivity contribution in [2.45, 2.75) is 30.7 Å². The maximum Gasteiger partial charge on any atom is 0.336 e. The Kier molecular flexibility index (Phi) is 4.43. The Morgan fingerprint density at radius 3 is 2.54 bits per heavy atom. The summed E-state index contributed by atoms with van der Waals surface area (Å²) >= 11 is 0. The molecule has 5 atom stereocenters. The summed E-state index contributed by atoms with van der Waals surface area (Å²) in [6, 6.07) is 5.17. The molecule has 130 valence electrons. The zero-order valence-corrected chi connectivity index (χ0v) is 12.3. The molecule has 0 amide bonds. The van der Waals surface area contributed by atoms with Crippen LogP contribution in [0.25, 0.3) is 11.0 Å². The van der Waals surface area contributed by atoms with Crippen LogP contribution in [-0.4, -0.2) is 62.8 Å². The average molecular weight is 340 g/mol. The van der Waals surface area contributed by atoms with Gasteiger partial charge in [0.25, 0.3) is 0 Å². The van der Waals surface area contributed by atoms with Crippen molar-refractivity contribution in [3.8, 4) is 11.5 Å². The van der Waals surface area contributed by atoms with E-state index in [1.165, 1.54) is 24.3 Å². The lowest BCUT2D eigenvalue weighted by atomic mass is 9.99. The summed E-state index contributed by atoms with van der Waals surface area (Å²) in [6.45, 7) is -0.608. The van der Waals surface area contributed by atoms with Crippen molar-refractivity contribution in [2.75, 3.05) is 6.61 Å². The molecule has 1 fully saturated rings. The van der Waals surface area contributed by atoms with Crippen molar-refractivity contribution >= 4 is 11.0 Å². The fourth-order valence-corrected chi connectivity index (χ4v) is 2.47. The topological polar surface area (TPSA) is 150 Å². The number of phenols is 1. The number of hydrogen-bond acceptors (Lipinski definition) is 9. The summed E-state index contributed by atoms with van der Waals surface area (Å²) in [5, 5.41) is 49.0. The quantitative estimate of drug-likeness (QED) is 0.429. The summed E-state index contributed by atoms with van der Waals surface area (Å²) in [5.74, 6) is -0.477. The molecule has 0 aliphatic carbocycles. The summed E-state index contributed by atoms with van der Waals surface area (Å²) < 4.78 is 15.5. The van der Waals surface area contributed by atoms with Crippen LogP contribution in [0.15, 0.2) is 33.5 Å². The molecule has 1 aliphatic rings. The van der Waals surface area contributed by atoms with Crippen LogP contribution in [0.5, 0.6) is 11.5 Å². The summed E-state index contributed by atoms with van der Waals surface area (Å²) in [7, 11) is 0. The molecule has 0 spiro atoms. The van der Waals surface area contributed by atoms with E-state index in [1.54, 1.807) is 0 Å². The maximum absolute atomic E-state index is 11.3. The van der Waals surface area contributed by atoms with E-state index >= 15 is 0 Å². The second-order valence-electron chi connectivity index (χ2n) is 5.43. The van der Waals surface area contributed by atoms with Gasteiger partial charge in [0.05, 0.1) is 6.61 Å². The zero-order valence-electron chi connectivity index (χ0n) is 12.3. The Labute approximate surface area is 134 Å². The van der Waals surface area contributed by atoms with Gasteiger partial charge in [0.15, 0.2) is 11.5 Å². The zero-order chi connectivity index (χ0) is 17.4. The first-order chi connectivity index (χ1) is 11.4. The molecular weight excluding hydrogens is 324 g/mol. The summed E-state index contributed by atoms with van der Waals surface area (Å²) in [5.41, 5.74) is -0.452. The second-order valence-corrected chi connectivity index (χ2v) is 5.43. The lowest BCUT2D eigenvalue weighted by Crippen LogP contribution is -2.60. The number of rotatable bonds is 3. The van der Waals surface area contributed by atoms with Gasteiger partial charge in [-0.1, -0.05) is 0 Å². The molecule has 1 aliphatic heterocycles. The van der Waals surface area contributed by atoms with Gasteiger partial charge in [-0.25, -0.2) is 4.79 Å². The second kappa shape index (κ2) is 6.38. The number of aliphatic hydroxyl groups is 4. The van der Waals surface area contributed by atoms with E-state index in [1.807, 2.05) is 0 Å². The molecule has 0 unspecified atom stereocenters. The number of aliphatic hydroxyl groups excluding tert-OH is 4. The van der Waals surface area contributed by atoms with Gasteiger partial charge in [-0.3, -0.25) is 0 Å². The van der Waals surface area contributed by atoms with Crippen molar-refractivity contribution in [1.29, 1.82) is 0 Å². The molecule has 9 nitrogen and oxygen atoms in total. The molecule has 0 bridgehead atoms. The molecule has 1 aromatic heterocycles. The third-order valence-electron chi connectivity index (χ3n) is 3.79. The van der Waals surface area contributed by atoms with Crippen LogP contribution in [0, 0.1) is 0 Å². The Hall–Kier alpha value is -2.17. The van der Waals surface area contributed by atoms with E-state index in [0.717, 1.165) is 0 Å². The molecule has 9 heteroatoms. The standard InChI is InChI=1S/C15H16O9/c16-5-10-12(19)13(20)14(21)15(24-10)23-9-4-8-6(3-7(9)17)1-2-11(18)22-8/h1-4,10,12-17,19-21H,5H2/t10-,12-,13+,14-,15-/m0/s1. The van der Waals surface area contributed by atoms with Gasteiger partial charge in [0.2, 0.25) is 6.29 Å². The van der Waals surface area contributed by atoms with E-state index in [4.69, 9.17) is 19.0 Å². The average Bonchev–Trinajstić information content (AvgIpc) is 2.56. The number of hydrogen-bond donors (Lipinski definition) is 5. The van der Waals surface area contributed by atoms with Crippen LogP contribution >= 0.6 is 0 Å². The van der Waals surface area contributed by atoms with Crippen molar-refractivity contribution in [1.82, 2.24) is 0 Å². The number of benzene rings is 1. The van der Waals surface area contributed by atoms with E-state index in [-0.39, 0.29) is 17.1 Å². The first kappa shape index (κ1) is 16.7. The fraction of sp³-hybridized carbons (Fsp3) is 0.400. The SMILES string of the molecule is O=c1ccc2cc(O)c(O[C@H]3O[C@@H](CO)[C@H](O)[C@@H](O)[C@@H]3O)cc2o1. The minimum absolute atomic E-state index is 0.139. The number of phenolic OH excluding ortho intramolecular Hbond substituents is 1. The van der Waals surface area contributed by atoms with Gasteiger partial charge in [-0.05, 0) is 12.1 Å². The number of ether oxygens (including phenoxy) is 2. The normalized spacial score (nSPS) is 30.4. The first-order valence-corrected chi connectivity index (χ1v) is 7.15. The Morgan fingerprint density at radius 1 is 1.08 bits per heavy atom. The first-order valence-electron chi connectivity index (χ1n) is 7.15. The highest BCUT2D eigenvalue weighted by Gasteiger charge is 2.44. The van der Waals surface area contributed by atoms with Gasteiger partial charge in [0.1, 0.15) is 30.0 Å². The Balaban J connectivity index is 1.90. The molecule has 24 heavy (non-hydrogen) atoms. The van der Waals surface area contributed by atoms with Crippen LogP contribution in [0.2, 0.25) is 0 Å². The third kappa shape index (κ3) is 2.95. The molecule has 0 radical (unpaired) electrons. The van der Waals surface area contributed by atoms with Gasteiger partial charge in [-0.2, -0.15) is 0 Å². The number of aromatic hydroxyl groups is 1. The molecular formula is C15H16O9. The maximum atomic E-state index is 11.3. The Morgan fingerprint density at radius 2 is 1.83 bits per heavy atom. The van der Waals surface area contributed by atoms with Crippen LogP contribution in [-0.2, 0) is 4.74 Å². The summed E-state index contributed by atoms with van der Waals surface area (Å²) in [6.07, 6.45) is -7.36. The minimum atomic E-state index is -1.62. The fourth-order valence-electron chi connectivity index (χ4n) is 2.47. The van der Waals surface area contributed by atoms with Crippen LogP contribution in [0.3, 0.4) is 0 Å². The smallest absolute Gasteiger partial charge is 0.336 e. The predicted molar refractivity (Wildman–Crippen MR) is 78.5 cm³/mol. The number of fused-ring (bicyclic) bond motifs is 1. The molecule has 1 saturated heterocycles. The van der Waals surface area contributed by atoms with E-state index in [9.17, 15) is 25.2 Å². The molecule has 2 aromatic rings. The van der Waals surface area contributed by atoms with Crippen molar-refractivity contribution in [2.24, 2.45) is 0 Å². The van der Waals surface area contributed by atoms with Gasteiger partial charge >= 0.3 is 5.63 Å². The highest BCUT2D eigenvalue weighted by Crippen LogP contribution is 2.33. The van der Waals surface area contributed by atoms with Crippen LogP contribution in [0.4, 0.5) is 0 Å². The highest BCUT2D eigenvalue weighted by molar-refractivity contribution is 5.80. The lowest BCUT2D eigenvalue weighted by molar-refractivity contribution is -0.277. The molecule has 2 heterocycles. The molecule has 5 N–H and O–H groups in total. The molecule has 0 saturated carbocycles. The largest absolute Gasteiger partial charge is 0.504 e. The summed E-state index contributed by atoms with van der Waals surface area (Å²) in [4.78, 5) is 11.3. The minimum Gasteiger partial charge on any atom is -0.504 e. The Bertz CT molecular complexity index is 784. The van der Waals surface area contributed by atoms with Crippen molar-refractivity contribution in [3.63, 3.8) is 0 Å². The highest BCUT2D eigenvalue weighted by atomic mass is 16.7. The van der Waals surface area contributed by atoms with E-state index in [0.29, 0.717) is 5.39 Å². The van der Waals surface area contributed by atoms with Gasteiger partial charge < -0.3 is 39.4 Å².